The number of aldehydes is 1. The smallest absolute Gasteiger partial charge is 0.491 e. The third-order valence-electron chi connectivity index (χ3n) is 4.77. The Bertz CT molecular complexity index is 643. The first kappa shape index (κ1) is 19.9. The number of benzene rings is 1. The molecule has 1 saturated heterocycles. The summed E-state index contributed by atoms with van der Waals surface area (Å²) in [5.41, 5.74) is 1.17. The number of thiol groups is 1. The van der Waals surface area contributed by atoms with E-state index in [2.05, 4.69) is 12.6 Å². The summed E-state index contributed by atoms with van der Waals surface area (Å²) in [7, 11) is 2.59. The van der Waals surface area contributed by atoms with E-state index in [1.165, 1.54) is 0 Å². The zero-order chi connectivity index (χ0) is 18.8. The van der Waals surface area contributed by atoms with Gasteiger partial charge in [-0.3, -0.25) is 4.79 Å². The lowest BCUT2D eigenvalue weighted by molar-refractivity contribution is 0.00578. The molecule has 1 fully saturated rings. The summed E-state index contributed by atoms with van der Waals surface area (Å²) >= 11 is 4.43. The Hall–Kier alpha value is -1.44. The van der Waals surface area contributed by atoms with Crippen LogP contribution in [0.2, 0.25) is 0 Å². The molecule has 0 atom stereocenters. The van der Waals surface area contributed by atoms with Gasteiger partial charge in [-0.25, -0.2) is 0 Å². The van der Waals surface area contributed by atoms with Crippen LogP contribution in [0.4, 0.5) is 0 Å². The Balaban J connectivity index is 2.49. The molecule has 0 unspecified atom stereocenters. The maximum Gasteiger partial charge on any atom is 0.491 e. The van der Waals surface area contributed by atoms with E-state index in [0.29, 0.717) is 22.8 Å². The zero-order valence-corrected chi connectivity index (χ0v) is 16.5. The van der Waals surface area contributed by atoms with Crippen LogP contribution in [-0.2, 0) is 9.31 Å². The number of carbonyl (C=O) groups excluding carboxylic acids is 1. The Labute approximate surface area is 155 Å². The van der Waals surface area contributed by atoms with E-state index in [1.54, 1.807) is 26.4 Å². The van der Waals surface area contributed by atoms with Gasteiger partial charge < -0.3 is 18.8 Å². The van der Waals surface area contributed by atoms with Crippen LogP contribution in [0.3, 0.4) is 0 Å². The molecule has 2 rings (SSSR count). The van der Waals surface area contributed by atoms with Gasteiger partial charge in [-0.2, -0.15) is 12.6 Å². The van der Waals surface area contributed by atoms with Gasteiger partial charge in [0, 0.05) is 11.3 Å². The molecule has 0 N–H and O–H groups in total. The SMILES string of the molecule is COc1cc(C=O)cc(OC)c1C=C(CS)B1OC(C)(C)C(C)(C)O1. The molecule has 1 aromatic rings. The van der Waals surface area contributed by atoms with E-state index in [0.717, 1.165) is 17.3 Å². The van der Waals surface area contributed by atoms with E-state index in [1.807, 2.05) is 33.8 Å². The van der Waals surface area contributed by atoms with Gasteiger partial charge in [0.25, 0.3) is 0 Å². The molecule has 0 radical (unpaired) electrons. The van der Waals surface area contributed by atoms with Crippen molar-refractivity contribution in [1.82, 2.24) is 0 Å². The first-order valence-electron chi connectivity index (χ1n) is 8.07. The minimum atomic E-state index is -0.511. The summed E-state index contributed by atoms with van der Waals surface area (Å²) in [6.07, 6.45) is 2.65. The minimum absolute atomic E-state index is 0.435. The standard InChI is InChI=1S/C18H25BO5S/c1-17(2)18(3,4)24-19(23-17)13(11-25)9-14-15(21-5)7-12(10-20)8-16(14)22-6/h7-10,25H,11H2,1-6H3. The highest BCUT2D eigenvalue weighted by atomic mass is 32.1. The maximum atomic E-state index is 11.1. The van der Waals surface area contributed by atoms with Crippen molar-refractivity contribution in [3.63, 3.8) is 0 Å². The van der Waals surface area contributed by atoms with Crippen LogP contribution >= 0.6 is 12.6 Å². The first-order valence-corrected chi connectivity index (χ1v) is 8.70. The van der Waals surface area contributed by atoms with Gasteiger partial charge in [-0.15, -0.1) is 0 Å². The molecule has 136 valence electrons. The summed E-state index contributed by atoms with van der Waals surface area (Å²) in [6.45, 7) is 8.01. The van der Waals surface area contributed by atoms with Gasteiger partial charge in [0.05, 0.1) is 31.0 Å². The Morgan fingerprint density at radius 2 is 1.60 bits per heavy atom. The van der Waals surface area contributed by atoms with Crippen LogP contribution in [0.5, 0.6) is 11.5 Å². The highest BCUT2D eigenvalue weighted by Crippen LogP contribution is 2.40. The predicted octanol–water partition coefficient (Wildman–Crippen LogP) is 3.46. The van der Waals surface area contributed by atoms with Crippen LogP contribution in [0, 0.1) is 0 Å². The van der Waals surface area contributed by atoms with Crippen molar-refractivity contribution in [3.05, 3.63) is 28.7 Å². The summed E-state index contributed by atoms with van der Waals surface area (Å²) in [5.74, 6) is 1.52. The number of methoxy groups -OCH3 is 2. The fourth-order valence-corrected chi connectivity index (χ4v) is 2.78. The zero-order valence-electron chi connectivity index (χ0n) is 15.6. The van der Waals surface area contributed by atoms with Crippen molar-refractivity contribution in [1.29, 1.82) is 0 Å². The summed E-state index contributed by atoms with van der Waals surface area (Å²) < 4.78 is 23.1. The molecule has 0 aromatic heterocycles. The maximum absolute atomic E-state index is 11.1. The molecular weight excluding hydrogens is 339 g/mol. The van der Waals surface area contributed by atoms with E-state index in [4.69, 9.17) is 18.8 Å². The van der Waals surface area contributed by atoms with Gasteiger partial charge in [-0.1, -0.05) is 6.08 Å². The topological polar surface area (TPSA) is 54.0 Å². The van der Waals surface area contributed by atoms with E-state index < -0.39 is 18.3 Å². The molecule has 25 heavy (non-hydrogen) atoms. The van der Waals surface area contributed by atoms with Crippen molar-refractivity contribution < 1.29 is 23.6 Å². The average Bonchev–Trinajstić information content (AvgIpc) is 2.79. The summed E-state index contributed by atoms with van der Waals surface area (Å²) in [5, 5.41) is 0. The van der Waals surface area contributed by atoms with E-state index in [9.17, 15) is 4.79 Å². The number of ether oxygens (including phenoxy) is 2. The monoisotopic (exact) mass is 364 g/mol. The van der Waals surface area contributed by atoms with Crippen LogP contribution in [0.15, 0.2) is 17.6 Å². The molecule has 0 saturated carbocycles. The van der Waals surface area contributed by atoms with Crippen molar-refractivity contribution >= 4 is 32.1 Å². The number of carbonyl (C=O) groups is 1. The largest absolute Gasteiger partial charge is 0.496 e. The second kappa shape index (κ2) is 7.44. The van der Waals surface area contributed by atoms with Crippen molar-refractivity contribution in [3.8, 4) is 11.5 Å². The normalized spacial score (nSPS) is 19.0. The van der Waals surface area contributed by atoms with Crippen LogP contribution in [-0.4, -0.2) is 44.6 Å². The van der Waals surface area contributed by atoms with Crippen molar-refractivity contribution in [2.24, 2.45) is 0 Å². The lowest BCUT2D eigenvalue weighted by atomic mass is 9.78. The van der Waals surface area contributed by atoms with Crippen molar-refractivity contribution in [2.75, 3.05) is 20.0 Å². The molecule has 0 spiro atoms. The molecule has 1 heterocycles. The van der Waals surface area contributed by atoms with E-state index >= 15 is 0 Å². The Kier molecular flexibility index (Phi) is 5.91. The molecule has 1 aromatic carbocycles. The Morgan fingerprint density at radius 3 is 1.96 bits per heavy atom. The molecule has 5 nitrogen and oxygen atoms in total. The van der Waals surface area contributed by atoms with Crippen LogP contribution < -0.4 is 9.47 Å². The molecular formula is C18H25BO5S. The predicted molar refractivity (Wildman–Crippen MR) is 103 cm³/mol. The highest BCUT2D eigenvalue weighted by molar-refractivity contribution is 7.80. The quantitative estimate of drug-likeness (QED) is 0.476. The second-order valence-corrected chi connectivity index (χ2v) is 7.24. The fourth-order valence-electron chi connectivity index (χ4n) is 2.54. The van der Waals surface area contributed by atoms with E-state index in [-0.39, 0.29) is 0 Å². The molecule has 0 aliphatic carbocycles. The lowest BCUT2D eigenvalue weighted by Gasteiger charge is -2.32. The minimum Gasteiger partial charge on any atom is -0.496 e. The number of rotatable bonds is 6. The van der Waals surface area contributed by atoms with Gasteiger partial charge in [-0.05, 0) is 45.3 Å². The lowest BCUT2D eigenvalue weighted by Crippen LogP contribution is -2.41. The van der Waals surface area contributed by atoms with Gasteiger partial charge in [0.1, 0.15) is 17.8 Å². The van der Waals surface area contributed by atoms with Crippen LogP contribution in [0.25, 0.3) is 6.08 Å². The average molecular weight is 364 g/mol. The van der Waals surface area contributed by atoms with Gasteiger partial charge in [0.15, 0.2) is 0 Å². The molecule has 0 bridgehead atoms. The Morgan fingerprint density at radius 1 is 1.12 bits per heavy atom. The molecule has 1 aliphatic rings. The third-order valence-corrected chi connectivity index (χ3v) is 5.14. The molecule has 7 heteroatoms. The molecule has 1 aliphatic heterocycles. The third kappa shape index (κ3) is 3.88. The molecule has 0 amide bonds. The second-order valence-electron chi connectivity index (χ2n) is 6.92. The van der Waals surface area contributed by atoms with Gasteiger partial charge >= 0.3 is 7.12 Å². The van der Waals surface area contributed by atoms with Crippen molar-refractivity contribution in [2.45, 2.75) is 38.9 Å². The summed E-state index contributed by atoms with van der Waals surface area (Å²) in [6, 6.07) is 3.34. The summed E-state index contributed by atoms with van der Waals surface area (Å²) in [4.78, 5) is 11.1. The van der Waals surface area contributed by atoms with Crippen LogP contribution in [0.1, 0.15) is 43.6 Å². The first-order chi connectivity index (χ1) is 11.7. The fraction of sp³-hybridized carbons (Fsp3) is 0.500. The number of hydrogen-bond acceptors (Lipinski definition) is 6. The highest BCUT2D eigenvalue weighted by Gasteiger charge is 2.52. The number of hydrogen-bond donors (Lipinski definition) is 1. The van der Waals surface area contributed by atoms with Gasteiger partial charge in [0.2, 0.25) is 0 Å².